The second kappa shape index (κ2) is 9.10. The van der Waals surface area contributed by atoms with Crippen molar-refractivity contribution in [2.24, 2.45) is 0 Å². The zero-order valence-corrected chi connectivity index (χ0v) is 16.2. The first-order valence-corrected chi connectivity index (χ1v) is 9.81. The second-order valence-electron chi connectivity index (χ2n) is 5.89. The molecule has 6 nitrogen and oxygen atoms in total. The molecule has 1 amide bonds. The van der Waals surface area contributed by atoms with Gasteiger partial charge in [-0.15, -0.1) is 0 Å². The Balaban J connectivity index is 2.28. The van der Waals surface area contributed by atoms with Gasteiger partial charge in [-0.2, -0.15) is 13.2 Å². The highest BCUT2D eigenvalue weighted by Crippen LogP contribution is 2.30. The number of ether oxygens (including phenoxy) is 1. The Hall–Kier alpha value is -2.85. The van der Waals surface area contributed by atoms with Crippen molar-refractivity contribution < 1.29 is 31.1 Å². The Morgan fingerprint density at radius 1 is 1.21 bits per heavy atom. The molecular weight excluding hydrogens is 409 g/mol. The number of benzene rings is 2. The Labute approximate surface area is 166 Å². The number of alkyl halides is 3. The summed E-state index contributed by atoms with van der Waals surface area (Å²) < 4.78 is 70.3. The minimum Gasteiger partial charge on any atom is -0.489 e. The summed E-state index contributed by atoms with van der Waals surface area (Å²) in [5, 5.41) is 2.51. The zero-order chi connectivity index (χ0) is 21.7. The van der Waals surface area contributed by atoms with Gasteiger partial charge in [0.1, 0.15) is 12.4 Å². The molecule has 0 aliphatic rings. The van der Waals surface area contributed by atoms with Crippen LogP contribution in [0.3, 0.4) is 0 Å². The summed E-state index contributed by atoms with van der Waals surface area (Å²) in [5.74, 6) is -0.252. The maximum absolute atomic E-state index is 12.8. The van der Waals surface area contributed by atoms with Crippen LogP contribution in [0.5, 0.6) is 5.75 Å². The van der Waals surface area contributed by atoms with Gasteiger partial charge in [-0.05, 0) is 49.0 Å². The summed E-state index contributed by atoms with van der Waals surface area (Å²) in [6.07, 6.45) is -3.42. The molecule has 2 aromatic rings. The van der Waals surface area contributed by atoms with Crippen molar-refractivity contribution >= 4 is 15.9 Å². The number of hydrogen-bond donors (Lipinski definition) is 2. The molecule has 2 aromatic carbocycles. The predicted molar refractivity (Wildman–Crippen MR) is 101 cm³/mol. The fraction of sp³-hybridized carbons (Fsp3) is 0.211. The Bertz CT molecular complexity index is 1000. The van der Waals surface area contributed by atoms with Crippen molar-refractivity contribution in [1.82, 2.24) is 10.0 Å². The number of halogens is 3. The van der Waals surface area contributed by atoms with Crippen LogP contribution in [0.25, 0.3) is 0 Å². The third-order valence-corrected chi connectivity index (χ3v) is 5.31. The van der Waals surface area contributed by atoms with E-state index >= 15 is 0 Å². The maximum Gasteiger partial charge on any atom is 0.416 e. The minimum absolute atomic E-state index is 0.0470. The average molecular weight is 428 g/mol. The largest absolute Gasteiger partial charge is 0.489 e. The van der Waals surface area contributed by atoms with Crippen LogP contribution in [0.1, 0.15) is 16.7 Å². The summed E-state index contributed by atoms with van der Waals surface area (Å²) in [7, 11) is -2.48. The minimum atomic E-state index is -4.47. The first kappa shape index (κ1) is 22.4. The van der Waals surface area contributed by atoms with Crippen LogP contribution in [0, 0.1) is 0 Å². The molecule has 0 bridgehead atoms. The molecule has 0 radical (unpaired) electrons. The van der Waals surface area contributed by atoms with Crippen LogP contribution in [0.15, 0.2) is 60.0 Å². The number of amides is 1. The molecule has 0 unspecified atom stereocenters. The Morgan fingerprint density at radius 2 is 1.93 bits per heavy atom. The standard InChI is InChI=1S/C19H19F3N2O4S/c1-3-18(25)24-11-14-10-16(29(26,27)23-2)7-8-17(14)28-12-13-5-4-6-15(9-13)19(20,21)22/h3-10,23H,1,11-12H2,2H3,(H,24,25). The molecule has 2 N–H and O–H groups in total. The van der Waals surface area contributed by atoms with Crippen LogP contribution in [0.4, 0.5) is 13.2 Å². The molecule has 0 fully saturated rings. The van der Waals surface area contributed by atoms with Crippen LogP contribution in [-0.4, -0.2) is 21.4 Å². The second-order valence-corrected chi connectivity index (χ2v) is 7.77. The molecule has 0 aliphatic carbocycles. The first-order chi connectivity index (χ1) is 13.6. The van der Waals surface area contributed by atoms with Gasteiger partial charge in [0, 0.05) is 12.1 Å². The highest BCUT2D eigenvalue weighted by Gasteiger charge is 2.30. The summed E-state index contributed by atoms with van der Waals surface area (Å²) in [6.45, 7) is 3.09. The number of sulfonamides is 1. The number of carbonyl (C=O) groups is 1. The molecule has 29 heavy (non-hydrogen) atoms. The van der Waals surface area contributed by atoms with Crippen molar-refractivity contribution in [3.05, 3.63) is 71.8 Å². The van der Waals surface area contributed by atoms with E-state index in [2.05, 4.69) is 16.6 Å². The van der Waals surface area contributed by atoms with Crippen molar-refractivity contribution in [3.8, 4) is 5.75 Å². The lowest BCUT2D eigenvalue weighted by Crippen LogP contribution is -2.22. The Morgan fingerprint density at radius 3 is 2.55 bits per heavy atom. The van der Waals surface area contributed by atoms with Crippen LogP contribution in [-0.2, 0) is 34.1 Å². The van der Waals surface area contributed by atoms with E-state index in [1.807, 2.05) is 0 Å². The quantitative estimate of drug-likeness (QED) is 0.633. The van der Waals surface area contributed by atoms with E-state index in [0.717, 1.165) is 18.2 Å². The van der Waals surface area contributed by atoms with E-state index in [9.17, 15) is 26.4 Å². The van der Waals surface area contributed by atoms with E-state index < -0.39 is 27.7 Å². The summed E-state index contributed by atoms with van der Waals surface area (Å²) in [5.41, 5.74) is -0.177. The third-order valence-electron chi connectivity index (χ3n) is 3.90. The molecule has 0 saturated heterocycles. The lowest BCUT2D eigenvalue weighted by Gasteiger charge is -2.15. The summed E-state index contributed by atoms with van der Waals surface area (Å²) in [6, 6.07) is 8.68. The lowest BCUT2D eigenvalue weighted by atomic mass is 10.1. The zero-order valence-electron chi connectivity index (χ0n) is 15.4. The Kier molecular flexibility index (Phi) is 7.04. The maximum atomic E-state index is 12.8. The molecule has 0 spiro atoms. The summed E-state index contributed by atoms with van der Waals surface area (Å²) in [4.78, 5) is 11.4. The normalized spacial score (nSPS) is 11.7. The van der Waals surface area contributed by atoms with E-state index in [1.54, 1.807) is 0 Å². The van der Waals surface area contributed by atoms with Crippen molar-refractivity contribution in [3.63, 3.8) is 0 Å². The topological polar surface area (TPSA) is 84.5 Å². The van der Waals surface area contributed by atoms with E-state index in [-0.39, 0.29) is 29.4 Å². The van der Waals surface area contributed by atoms with E-state index in [1.165, 1.54) is 37.4 Å². The molecule has 0 saturated carbocycles. The van der Waals surface area contributed by atoms with Gasteiger partial charge >= 0.3 is 6.18 Å². The fourth-order valence-electron chi connectivity index (χ4n) is 2.37. The van der Waals surface area contributed by atoms with Crippen LogP contribution in [0.2, 0.25) is 0 Å². The van der Waals surface area contributed by atoms with Gasteiger partial charge in [-0.1, -0.05) is 18.7 Å². The van der Waals surface area contributed by atoms with Crippen LogP contribution < -0.4 is 14.8 Å². The van der Waals surface area contributed by atoms with Gasteiger partial charge in [0.2, 0.25) is 15.9 Å². The molecule has 0 aromatic heterocycles. The predicted octanol–water partition coefficient (Wildman–Crippen LogP) is 2.99. The smallest absolute Gasteiger partial charge is 0.416 e. The van der Waals surface area contributed by atoms with E-state index in [4.69, 9.17) is 4.74 Å². The molecule has 0 heterocycles. The van der Waals surface area contributed by atoms with Crippen molar-refractivity contribution in [2.45, 2.75) is 24.2 Å². The summed E-state index contributed by atoms with van der Waals surface area (Å²) >= 11 is 0. The van der Waals surface area contributed by atoms with Crippen LogP contribution >= 0.6 is 0 Å². The first-order valence-electron chi connectivity index (χ1n) is 8.32. The van der Waals surface area contributed by atoms with Gasteiger partial charge in [0.15, 0.2) is 0 Å². The van der Waals surface area contributed by atoms with Gasteiger partial charge in [0.05, 0.1) is 10.5 Å². The average Bonchev–Trinajstić information content (AvgIpc) is 2.70. The fourth-order valence-corrected chi connectivity index (χ4v) is 3.15. The molecule has 10 heteroatoms. The van der Waals surface area contributed by atoms with Gasteiger partial charge in [-0.25, -0.2) is 13.1 Å². The number of nitrogens with one attached hydrogen (secondary N) is 2. The number of hydrogen-bond acceptors (Lipinski definition) is 4. The molecule has 156 valence electrons. The van der Waals surface area contributed by atoms with E-state index in [0.29, 0.717) is 5.56 Å². The third kappa shape index (κ3) is 6.06. The highest BCUT2D eigenvalue weighted by atomic mass is 32.2. The monoisotopic (exact) mass is 428 g/mol. The highest BCUT2D eigenvalue weighted by molar-refractivity contribution is 7.89. The van der Waals surface area contributed by atoms with Crippen molar-refractivity contribution in [2.75, 3.05) is 7.05 Å². The lowest BCUT2D eigenvalue weighted by molar-refractivity contribution is -0.137. The molecule has 0 aliphatic heterocycles. The SMILES string of the molecule is C=CC(=O)NCc1cc(S(=O)(=O)NC)ccc1OCc1cccc(C(F)(F)F)c1. The molecule has 2 rings (SSSR count). The van der Waals surface area contributed by atoms with Gasteiger partial charge in [0.25, 0.3) is 0 Å². The van der Waals surface area contributed by atoms with Gasteiger partial charge < -0.3 is 10.1 Å². The van der Waals surface area contributed by atoms with Crippen molar-refractivity contribution in [1.29, 1.82) is 0 Å². The number of rotatable bonds is 8. The molecule has 0 atom stereocenters. The molecular formula is C19H19F3N2O4S. The number of carbonyl (C=O) groups excluding carboxylic acids is 1. The van der Waals surface area contributed by atoms with Gasteiger partial charge in [-0.3, -0.25) is 4.79 Å².